The van der Waals surface area contributed by atoms with Crippen LogP contribution < -0.4 is 5.73 Å². The fraction of sp³-hybridized carbons (Fsp3) is 0.750. The largest absolute Gasteiger partial charge is 0.430 e. The van der Waals surface area contributed by atoms with Gasteiger partial charge in [0.15, 0.2) is 0 Å². The maximum Gasteiger partial charge on any atom is 0.310 e. The number of amides is 1. The van der Waals surface area contributed by atoms with Crippen molar-refractivity contribution in [1.82, 2.24) is 0 Å². The van der Waals surface area contributed by atoms with Crippen LogP contribution in [-0.2, 0) is 14.3 Å². The molecule has 0 aromatic heterocycles. The molecule has 1 amide bonds. The first-order valence-corrected chi connectivity index (χ1v) is 12.7. The Hall–Kier alpha value is -1.31. The van der Waals surface area contributed by atoms with Crippen LogP contribution in [0.4, 0.5) is 0 Å². The van der Waals surface area contributed by atoms with Gasteiger partial charge in [-0.25, -0.2) is 0 Å². The Morgan fingerprint density at radius 2 is 1.94 bits per heavy atom. The number of unbranched alkanes of at least 4 members (excludes halogenated alkanes) is 4. The van der Waals surface area contributed by atoms with Crippen LogP contribution in [-0.4, -0.2) is 40.6 Å². The lowest BCUT2D eigenvalue weighted by molar-refractivity contribution is -0.139. The van der Waals surface area contributed by atoms with Crippen LogP contribution in [0.25, 0.3) is 0 Å². The van der Waals surface area contributed by atoms with Crippen LogP contribution in [0.15, 0.2) is 22.8 Å². The lowest BCUT2D eigenvalue weighted by Gasteiger charge is -2.16. The van der Waals surface area contributed by atoms with E-state index in [-0.39, 0.29) is 30.3 Å². The van der Waals surface area contributed by atoms with Gasteiger partial charge in [0.05, 0.1) is 6.10 Å². The molecule has 4 N–H and O–H groups in total. The molecular weight excluding hydrogens is 414 g/mol. The second-order valence-corrected chi connectivity index (χ2v) is 9.39. The third-order valence-corrected chi connectivity index (χ3v) is 6.71. The summed E-state index contributed by atoms with van der Waals surface area (Å²) in [5.74, 6) is 0.712. The van der Waals surface area contributed by atoms with Crippen LogP contribution in [0.2, 0.25) is 0 Å². The van der Waals surface area contributed by atoms with Gasteiger partial charge in [-0.3, -0.25) is 9.59 Å². The van der Waals surface area contributed by atoms with E-state index in [2.05, 4.69) is 6.92 Å². The fourth-order valence-corrected chi connectivity index (χ4v) is 4.88. The molecule has 0 fully saturated rings. The molecule has 178 valence electrons. The standard InChI is InChI=1S/C24H41NO5S/c1-3-5-7-11-18(17-26)13-14-19-20(27)16-21(30-23(29)10-4-2)24(19)31-15-9-6-8-12-22(25)28/h13-14,18-20,26-27H,3-12,15-17H2,1-2H3,(H2,25,28)/b14-13+/t18?,19-,20?/m0/s1. The number of carbonyl (C=O) groups is 2. The Balaban J connectivity index is 2.80. The number of aliphatic hydroxyl groups is 2. The minimum Gasteiger partial charge on any atom is -0.430 e. The summed E-state index contributed by atoms with van der Waals surface area (Å²) < 4.78 is 5.60. The maximum absolute atomic E-state index is 12.1. The molecule has 1 aliphatic carbocycles. The molecule has 0 saturated carbocycles. The van der Waals surface area contributed by atoms with E-state index in [1.807, 2.05) is 19.1 Å². The number of esters is 1. The lowest BCUT2D eigenvalue weighted by atomic mass is 9.98. The molecule has 0 aromatic carbocycles. The number of primary amides is 1. The average Bonchev–Trinajstić information content (AvgIpc) is 3.01. The van der Waals surface area contributed by atoms with Crippen LogP contribution in [0.1, 0.15) is 84.5 Å². The molecule has 3 atom stereocenters. The molecule has 0 heterocycles. The summed E-state index contributed by atoms with van der Waals surface area (Å²) in [6.07, 6.45) is 12.0. The number of rotatable bonds is 17. The van der Waals surface area contributed by atoms with Crippen LogP contribution in [0.5, 0.6) is 0 Å². The van der Waals surface area contributed by atoms with Gasteiger partial charge in [0.25, 0.3) is 0 Å². The van der Waals surface area contributed by atoms with E-state index in [0.29, 0.717) is 25.0 Å². The summed E-state index contributed by atoms with van der Waals surface area (Å²) >= 11 is 1.62. The minimum absolute atomic E-state index is 0.0745. The van der Waals surface area contributed by atoms with E-state index in [1.165, 1.54) is 0 Å². The van der Waals surface area contributed by atoms with E-state index >= 15 is 0 Å². The molecule has 1 aliphatic rings. The monoisotopic (exact) mass is 455 g/mol. The molecule has 0 aliphatic heterocycles. The van der Waals surface area contributed by atoms with Gasteiger partial charge in [0, 0.05) is 36.7 Å². The average molecular weight is 456 g/mol. The van der Waals surface area contributed by atoms with Crippen LogP contribution in [0, 0.1) is 11.8 Å². The summed E-state index contributed by atoms with van der Waals surface area (Å²) in [6, 6.07) is 0. The number of ether oxygens (including phenoxy) is 1. The fourth-order valence-electron chi connectivity index (χ4n) is 3.60. The highest BCUT2D eigenvalue weighted by Gasteiger charge is 2.34. The molecule has 1 rings (SSSR count). The number of carbonyl (C=O) groups excluding carboxylic acids is 2. The lowest BCUT2D eigenvalue weighted by Crippen LogP contribution is -2.14. The summed E-state index contributed by atoms with van der Waals surface area (Å²) in [5, 5.41) is 20.4. The number of thioether (sulfide) groups is 1. The predicted molar refractivity (Wildman–Crippen MR) is 126 cm³/mol. The molecule has 31 heavy (non-hydrogen) atoms. The van der Waals surface area contributed by atoms with Crippen LogP contribution in [0.3, 0.4) is 0 Å². The van der Waals surface area contributed by atoms with E-state index in [0.717, 1.165) is 62.0 Å². The Bertz CT molecular complexity index is 605. The van der Waals surface area contributed by atoms with E-state index in [9.17, 15) is 19.8 Å². The number of aliphatic hydroxyl groups excluding tert-OH is 2. The van der Waals surface area contributed by atoms with Crippen molar-refractivity contribution in [2.75, 3.05) is 12.4 Å². The summed E-state index contributed by atoms with van der Waals surface area (Å²) in [4.78, 5) is 23.8. The minimum atomic E-state index is -0.631. The van der Waals surface area contributed by atoms with Gasteiger partial charge in [-0.1, -0.05) is 51.7 Å². The zero-order valence-electron chi connectivity index (χ0n) is 19.2. The van der Waals surface area contributed by atoms with Crippen molar-refractivity contribution >= 4 is 23.6 Å². The first kappa shape index (κ1) is 27.7. The molecule has 6 nitrogen and oxygen atoms in total. The van der Waals surface area contributed by atoms with Crippen molar-refractivity contribution in [1.29, 1.82) is 0 Å². The van der Waals surface area contributed by atoms with Gasteiger partial charge in [-0.05, 0) is 37.4 Å². The highest BCUT2D eigenvalue weighted by Crippen LogP contribution is 2.41. The number of nitrogens with two attached hydrogens (primary N) is 1. The molecule has 0 radical (unpaired) electrons. The van der Waals surface area contributed by atoms with Crippen molar-refractivity contribution in [3.63, 3.8) is 0 Å². The molecule has 0 aromatic rings. The second-order valence-electron chi connectivity index (χ2n) is 8.26. The predicted octanol–water partition coefficient (Wildman–Crippen LogP) is 4.45. The van der Waals surface area contributed by atoms with Crippen LogP contribution >= 0.6 is 11.8 Å². The van der Waals surface area contributed by atoms with Gasteiger partial charge in [0.1, 0.15) is 5.76 Å². The van der Waals surface area contributed by atoms with Crippen molar-refractivity contribution < 1.29 is 24.5 Å². The molecule has 0 spiro atoms. The zero-order chi connectivity index (χ0) is 23.1. The second kappa shape index (κ2) is 16.3. The first-order valence-electron chi connectivity index (χ1n) is 11.7. The molecule has 0 bridgehead atoms. The Morgan fingerprint density at radius 1 is 1.16 bits per heavy atom. The summed E-state index contributed by atoms with van der Waals surface area (Å²) in [7, 11) is 0. The van der Waals surface area contributed by atoms with Gasteiger partial charge >= 0.3 is 5.97 Å². The third-order valence-electron chi connectivity index (χ3n) is 5.41. The molecule has 7 heteroatoms. The molecule has 2 unspecified atom stereocenters. The highest BCUT2D eigenvalue weighted by molar-refractivity contribution is 8.03. The number of hydrogen-bond donors (Lipinski definition) is 3. The van der Waals surface area contributed by atoms with Crippen molar-refractivity contribution in [2.24, 2.45) is 17.6 Å². The Labute approximate surface area is 191 Å². The Morgan fingerprint density at radius 3 is 2.58 bits per heavy atom. The van der Waals surface area contributed by atoms with Gasteiger partial charge < -0.3 is 20.7 Å². The SMILES string of the molecule is CCCCCC(/C=C/[C@@H]1C(SCCCCCC(N)=O)=C(OC(=O)CCC)CC1O)CO. The van der Waals surface area contributed by atoms with Gasteiger partial charge in [-0.15, -0.1) is 11.8 Å². The summed E-state index contributed by atoms with van der Waals surface area (Å²) in [5.41, 5.74) is 5.18. The smallest absolute Gasteiger partial charge is 0.310 e. The molecular formula is C24H41NO5S. The maximum atomic E-state index is 12.1. The van der Waals surface area contributed by atoms with Gasteiger partial charge in [-0.2, -0.15) is 0 Å². The third kappa shape index (κ3) is 11.2. The van der Waals surface area contributed by atoms with Crippen molar-refractivity contribution in [2.45, 2.75) is 90.6 Å². The molecule has 0 saturated heterocycles. The van der Waals surface area contributed by atoms with Crippen molar-refractivity contribution in [3.05, 3.63) is 22.8 Å². The zero-order valence-corrected chi connectivity index (χ0v) is 20.0. The summed E-state index contributed by atoms with van der Waals surface area (Å²) in [6.45, 7) is 4.18. The van der Waals surface area contributed by atoms with E-state index in [1.54, 1.807) is 11.8 Å². The quantitative estimate of drug-likeness (QED) is 0.170. The number of hydrogen-bond acceptors (Lipinski definition) is 6. The highest BCUT2D eigenvalue weighted by atomic mass is 32.2. The van der Waals surface area contributed by atoms with Gasteiger partial charge in [0.2, 0.25) is 5.91 Å². The van der Waals surface area contributed by atoms with E-state index < -0.39 is 6.10 Å². The normalized spacial score (nSPS) is 19.9. The topological polar surface area (TPSA) is 110 Å². The Kier molecular flexibility index (Phi) is 14.6. The van der Waals surface area contributed by atoms with Crippen molar-refractivity contribution in [3.8, 4) is 0 Å². The van der Waals surface area contributed by atoms with E-state index in [4.69, 9.17) is 10.5 Å². The first-order chi connectivity index (χ1) is 14.9.